The van der Waals surface area contributed by atoms with Crippen LogP contribution in [0.4, 0.5) is 15.8 Å². The highest BCUT2D eigenvalue weighted by atomic mass is 19.1. The number of amidine groups is 1. The van der Waals surface area contributed by atoms with Gasteiger partial charge in [0.2, 0.25) is 11.8 Å². The molecule has 2 aliphatic rings. The summed E-state index contributed by atoms with van der Waals surface area (Å²) in [6.07, 6.45) is 4.94. The summed E-state index contributed by atoms with van der Waals surface area (Å²) in [4.78, 5) is 36.9. The van der Waals surface area contributed by atoms with Crippen LogP contribution in [0, 0.1) is 22.1 Å². The zero-order chi connectivity index (χ0) is 34.4. The van der Waals surface area contributed by atoms with Gasteiger partial charge in [0, 0.05) is 61.3 Å². The van der Waals surface area contributed by atoms with Crippen LogP contribution in [0.1, 0.15) is 48.9 Å². The van der Waals surface area contributed by atoms with E-state index in [4.69, 9.17) is 16.6 Å². The zero-order valence-electron chi connectivity index (χ0n) is 27.7. The monoisotopic (exact) mass is 650 g/mol. The van der Waals surface area contributed by atoms with Gasteiger partial charge in [-0.15, -0.1) is 0 Å². The minimum atomic E-state index is -0.682. The normalized spacial score (nSPS) is 18.0. The number of nitrogens with one attached hydrogen (secondary N) is 3. The molecule has 2 amide bonds. The number of nitrogens with two attached hydrogens (primary N) is 1. The van der Waals surface area contributed by atoms with Gasteiger partial charge in [-0.1, -0.05) is 37.3 Å². The Hall–Kier alpha value is -5.16. The number of anilines is 2. The number of nitrogens with zero attached hydrogens (tertiary/aromatic N) is 4. The van der Waals surface area contributed by atoms with E-state index < -0.39 is 5.41 Å². The van der Waals surface area contributed by atoms with Gasteiger partial charge in [-0.2, -0.15) is 0 Å². The van der Waals surface area contributed by atoms with Gasteiger partial charge in [0.15, 0.2) is 5.84 Å². The lowest BCUT2D eigenvalue weighted by Gasteiger charge is -2.33. The van der Waals surface area contributed by atoms with Crippen molar-refractivity contribution in [2.24, 2.45) is 10.4 Å². The topological polar surface area (TPSA) is 142 Å². The van der Waals surface area contributed by atoms with Crippen molar-refractivity contribution in [2.75, 3.05) is 56.9 Å². The van der Waals surface area contributed by atoms with Crippen LogP contribution in [-0.4, -0.2) is 85.8 Å². The summed E-state index contributed by atoms with van der Waals surface area (Å²) in [7, 11) is 1.74. The van der Waals surface area contributed by atoms with Crippen molar-refractivity contribution in [1.82, 2.24) is 15.1 Å². The van der Waals surface area contributed by atoms with Crippen molar-refractivity contribution in [3.63, 3.8) is 0 Å². The van der Waals surface area contributed by atoms with Crippen LogP contribution in [0.5, 0.6) is 0 Å². The first-order valence-electron chi connectivity index (χ1n) is 16.2. The molecular weight excluding hydrogens is 607 g/mol. The average molecular weight is 651 g/mol. The van der Waals surface area contributed by atoms with Crippen LogP contribution in [0.2, 0.25) is 0 Å². The lowest BCUT2D eigenvalue weighted by molar-refractivity contribution is -0.133. The van der Waals surface area contributed by atoms with E-state index in [1.54, 1.807) is 30.1 Å². The Morgan fingerprint density at radius 2 is 1.79 bits per heavy atom. The van der Waals surface area contributed by atoms with Crippen LogP contribution < -0.4 is 16.0 Å². The number of aliphatic imine (C=N–C) groups is 1. The van der Waals surface area contributed by atoms with E-state index >= 15 is 0 Å². The molecule has 2 aliphatic heterocycles. The molecule has 0 radical (unpaired) electrons. The third-order valence-corrected chi connectivity index (χ3v) is 9.19. The summed E-state index contributed by atoms with van der Waals surface area (Å²) in [5.74, 6) is -0.191. The summed E-state index contributed by atoms with van der Waals surface area (Å²) in [5, 5.41) is 19.5. The van der Waals surface area contributed by atoms with Crippen LogP contribution >= 0.6 is 0 Å². The van der Waals surface area contributed by atoms with Crippen molar-refractivity contribution >= 4 is 46.6 Å². The summed E-state index contributed by atoms with van der Waals surface area (Å²) in [6, 6.07) is 18.7. The van der Waals surface area contributed by atoms with Gasteiger partial charge in [0.25, 0.3) is 0 Å². The van der Waals surface area contributed by atoms with E-state index in [1.807, 2.05) is 47.9 Å². The molecule has 5 N–H and O–H groups in total. The van der Waals surface area contributed by atoms with Gasteiger partial charge in [0.1, 0.15) is 5.82 Å². The molecule has 10 nitrogen and oxygen atoms in total. The van der Waals surface area contributed by atoms with Gasteiger partial charge >= 0.3 is 0 Å². The largest absolute Gasteiger partial charge is 0.398 e. The molecule has 3 aromatic carbocycles. The summed E-state index contributed by atoms with van der Waals surface area (Å²) >= 11 is 0. The highest BCUT2D eigenvalue weighted by Crippen LogP contribution is 2.37. The number of carbonyl (C=O) groups excluding carboxylic acids is 2. The Labute approximate surface area is 281 Å². The Balaban J connectivity index is 1.19. The molecule has 5 rings (SSSR count). The van der Waals surface area contributed by atoms with E-state index in [0.717, 1.165) is 17.5 Å². The minimum absolute atomic E-state index is 0.0297. The van der Waals surface area contributed by atoms with Gasteiger partial charge in [-0.3, -0.25) is 25.3 Å². The lowest BCUT2D eigenvalue weighted by atomic mass is 9.88. The van der Waals surface area contributed by atoms with Crippen molar-refractivity contribution in [3.8, 4) is 0 Å². The molecule has 2 heterocycles. The van der Waals surface area contributed by atoms with E-state index in [9.17, 15) is 14.0 Å². The second-order valence-corrected chi connectivity index (χ2v) is 12.5. The van der Waals surface area contributed by atoms with Crippen LogP contribution in [-0.2, 0) is 9.59 Å². The molecule has 0 saturated carbocycles. The van der Waals surface area contributed by atoms with E-state index in [-0.39, 0.29) is 35.7 Å². The van der Waals surface area contributed by atoms with Gasteiger partial charge < -0.3 is 20.9 Å². The molecule has 0 spiro atoms. The Morgan fingerprint density at radius 1 is 1.08 bits per heavy atom. The third kappa shape index (κ3) is 7.52. The number of nitrogen functional groups attached to an aromatic ring is 1. The van der Waals surface area contributed by atoms with E-state index in [1.165, 1.54) is 36.2 Å². The van der Waals surface area contributed by atoms with Gasteiger partial charge in [-0.05, 0) is 79.9 Å². The Bertz CT molecular complexity index is 1750. The number of amides is 2. The van der Waals surface area contributed by atoms with E-state index in [0.29, 0.717) is 61.6 Å². The molecule has 0 unspecified atom stereocenters. The van der Waals surface area contributed by atoms with Crippen molar-refractivity contribution in [3.05, 3.63) is 101 Å². The lowest BCUT2D eigenvalue weighted by Crippen LogP contribution is -2.47. The molecule has 0 bridgehead atoms. The molecule has 250 valence electrons. The van der Waals surface area contributed by atoms with Crippen LogP contribution in [0.25, 0.3) is 5.57 Å². The smallest absolute Gasteiger partial charge is 0.237 e. The fourth-order valence-electron chi connectivity index (χ4n) is 6.25. The predicted molar refractivity (Wildman–Crippen MR) is 190 cm³/mol. The van der Waals surface area contributed by atoms with Crippen LogP contribution in [0.15, 0.2) is 77.8 Å². The summed E-state index contributed by atoms with van der Waals surface area (Å²) in [5.41, 5.74) is 10.8. The maximum absolute atomic E-state index is 13.9. The number of rotatable bonds is 11. The number of hydrogen-bond acceptors (Lipinski definition) is 6. The average Bonchev–Trinajstić information content (AvgIpc) is 3.40. The first-order valence-corrected chi connectivity index (χ1v) is 16.2. The second kappa shape index (κ2) is 14.7. The Kier molecular flexibility index (Phi) is 10.5. The molecular formula is C37H43FN8O2. The standard InChI is InChI=1S/C37H43FN8O2/c1-4-44(22-33(47)45-18-15-26(16-19-45)25-5-7-28(8-6-25)35(41)43-24-42-3)23-37(2)17-20-46(36(37)48)30-13-14-32(39)31(21-30)34(40)27-9-11-29(38)12-10-27/h5-15,21,24,40H,4,16-20,22-23,39H2,1-3H3,(H2,41,42,43)/t37-/m0/s1. The molecule has 11 heteroatoms. The molecule has 3 aromatic rings. The first-order chi connectivity index (χ1) is 23.0. The molecule has 0 aromatic heterocycles. The second-order valence-electron chi connectivity index (χ2n) is 12.5. The van der Waals surface area contributed by atoms with Gasteiger partial charge in [0.05, 0.1) is 24.0 Å². The van der Waals surface area contributed by atoms with Crippen molar-refractivity contribution < 1.29 is 14.0 Å². The maximum Gasteiger partial charge on any atom is 0.237 e. The first kappa shape index (κ1) is 34.2. The highest BCUT2D eigenvalue weighted by Gasteiger charge is 2.44. The predicted octanol–water partition coefficient (Wildman–Crippen LogP) is 4.78. The van der Waals surface area contributed by atoms with Gasteiger partial charge in [-0.25, -0.2) is 9.38 Å². The third-order valence-electron chi connectivity index (χ3n) is 9.19. The molecule has 48 heavy (non-hydrogen) atoms. The minimum Gasteiger partial charge on any atom is -0.398 e. The summed E-state index contributed by atoms with van der Waals surface area (Å²) in [6.45, 7) is 6.91. The van der Waals surface area contributed by atoms with Crippen LogP contribution in [0.3, 0.4) is 0 Å². The fourth-order valence-corrected chi connectivity index (χ4v) is 6.25. The van der Waals surface area contributed by atoms with E-state index in [2.05, 4.69) is 16.4 Å². The number of benzene rings is 3. The maximum atomic E-state index is 13.9. The summed E-state index contributed by atoms with van der Waals surface area (Å²) < 4.78 is 13.4. The number of likely N-dealkylation sites (N-methyl/N-ethyl adjacent to an activating group) is 1. The molecule has 1 fully saturated rings. The zero-order valence-corrected chi connectivity index (χ0v) is 27.7. The molecule has 0 aliphatic carbocycles. The highest BCUT2D eigenvalue weighted by molar-refractivity contribution is 6.14. The van der Waals surface area contributed by atoms with Crippen molar-refractivity contribution in [2.45, 2.75) is 26.7 Å². The number of hydrogen-bond donors (Lipinski definition) is 4. The number of carbonyl (C=O) groups is 2. The molecule has 1 atom stereocenters. The fraction of sp³-hybridized carbons (Fsp3) is 0.324. The Morgan fingerprint density at radius 3 is 2.44 bits per heavy atom. The van der Waals surface area contributed by atoms with Crippen molar-refractivity contribution in [1.29, 1.82) is 10.8 Å². The SMILES string of the molecule is CCN(CC(=O)N1CC=C(c2ccc(C(=N)/N=C\NC)cc2)CC1)C[C@]1(C)CCN(c2ccc(N)c(C(=N)c3ccc(F)cc3)c2)C1=O. The molecule has 1 saturated heterocycles. The number of halogens is 1. The quantitative estimate of drug-likeness (QED) is 0.134.